The van der Waals surface area contributed by atoms with E-state index in [2.05, 4.69) is 15.3 Å². The molecule has 0 atom stereocenters. The van der Waals surface area contributed by atoms with Gasteiger partial charge in [-0.15, -0.1) is 0 Å². The van der Waals surface area contributed by atoms with E-state index in [-0.39, 0.29) is 29.2 Å². The van der Waals surface area contributed by atoms with E-state index in [1.165, 1.54) is 6.07 Å². The average Bonchev–Trinajstić information content (AvgIpc) is 3.23. The molecule has 2 aromatic carbocycles. The minimum atomic E-state index is -0.240. The second-order valence-corrected chi connectivity index (χ2v) is 8.50. The summed E-state index contributed by atoms with van der Waals surface area (Å²) in [5, 5.41) is 7.40. The van der Waals surface area contributed by atoms with Gasteiger partial charge >= 0.3 is 0 Å². The molecule has 3 aromatic rings. The molecule has 2 heterocycles. The molecule has 8 heteroatoms. The SMILES string of the molecule is CC(C)C(=O)Nc1cc(C(=O)N2CCN(Cc3cccc(F)c3)CC2)nn1-c1ccccc1. The van der Waals surface area contributed by atoms with E-state index >= 15 is 0 Å². The van der Waals surface area contributed by atoms with Crippen LogP contribution in [0.3, 0.4) is 0 Å². The third kappa shape index (κ3) is 5.46. The van der Waals surface area contributed by atoms with E-state index in [1.54, 1.807) is 27.8 Å². The maximum atomic E-state index is 13.5. The molecule has 1 aliphatic heterocycles. The van der Waals surface area contributed by atoms with Crippen molar-refractivity contribution in [3.8, 4) is 5.69 Å². The summed E-state index contributed by atoms with van der Waals surface area (Å²) in [6, 6.07) is 17.6. The number of amides is 2. The Kier molecular flexibility index (Phi) is 6.84. The zero-order valence-electron chi connectivity index (χ0n) is 18.9. The number of carbonyl (C=O) groups is 2. The van der Waals surface area contributed by atoms with Gasteiger partial charge in [0.05, 0.1) is 5.69 Å². The first kappa shape index (κ1) is 22.7. The molecule has 1 aromatic heterocycles. The maximum absolute atomic E-state index is 13.5. The predicted molar refractivity (Wildman–Crippen MR) is 125 cm³/mol. The van der Waals surface area contributed by atoms with Crippen molar-refractivity contribution in [2.24, 2.45) is 5.92 Å². The fourth-order valence-electron chi connectivity index (χ4n) is 3.78. The Bertz CT molecular complexity index is 1120. The van der Waals surface area contributed by atoms with Crippen LogP contribution in [0.25, 0.3) is 5.69 Å². The highest BCUT2D eigenvalue weighted by Gasteiger charge is 2.26. The van der Waals surface area contributed by atoms with Gasteiger partial charge in [-0.3, -0.25) is 14.5 Å². The molecular weight excluding hydrogens is 421 g/mol. The van der Waals surface area contributed by atoms with Crippen molar-refractivity contribution in [3.63, 3.8) is 0 Å². The summed E-state index contributed by atoms with van der Waals surface area (Å²) in [6.07, 6.45) is 0. The summed E-state index contributed by atoms with van der Waals surface area (Å²) in [6.45, 7) is 6.77. The standard InChI is InChI=1S/C25H28FN5O2/c1-18(2)24(32)27-23-16-22(28-31(23)21-9-4-3-5-10-21)25(33)30-13-11-29(12-14-30)17-19-7-6-8-20(26)15-19/h3-10,15-16,18H,11-14,17H2,1-2H3,(H,27,32). The molecule has 0 unspecified atom stereocenters. The summed E-state index contributed by atoms with van der Waals surface area (Å²) in [5.74, 6) is -0.287. The van der Waals surface area contributed by atoms with Crippen LogP contribution in [0.1, 0.15) is 29.9 Å². The van der Waals surface area contributed by atoms with Gasteiger partial charge in [-0.1, -0.05) is 44.2 Å². The first-order chi connectivity index (χ1) is 15.9. The highest BCUT2D eigenvalue weighted by atomic mass is 19.1. The number of hydrogen-bond acceptors (Lipinski definition) is 4. The lowest BCUT2D eigenvalue weighted by Gasteiger charge is -2.34. The molecule has 1 saturated heterocycles. The monoisotopic (exact) mass is 449 g/mol. The highest BCUT2D eigenvalue weighted by Crippen LogP contribution is 2.20. The van der Waals surface area contributed by atoms with Gasteiger partial charge in [0.15, 0.2) is 5.69 Å². The van der Waals surface area contributed by atoms with Crippen LogP contribution in [-0.2, 0) is 11.3 Å². The van der Waals surface area contributed by atoms with Crippen molar-refractivity contribution in [1.29, 1.82) is 0 Å². The van der Waals surface area contributed by atoms with E-state index in [4.69, 9.17) is 0 Å². The Morgan fingerprint density at radius 2 is 1.73 bits per heavy atom. The number of para-hydroxylation sites is 1. The summed E-state index contributed by atoms with van der Waals surface area (Å²) in [4.78, 5) is 29.5. The van der Waals surface area contributed by atoms with Crippen LogP contribution in [0.2, 0.25) is 0 Å². The molecule has 172 valence electrons. The molecule has 0 aliphatic carbocycles. The lowest BCUT2D eigenvalue weighted by atomic mass is 10.2. The van der Waals surface area contributed by atoms with Gasteiger partial charge in [0, 0.05) is 44.7 Å². The molecule has 7 nitrogen and oxygen atoms in total. The molecule has 1 fully saturated rings. The minimum Gasteiger partial charge on any atom is -0.335 e. The molecule has 1 N–H and O–H groups in total. The van der Waals surface area contributed by atoms with Gasteiger partial charge < -0.3 is 10.2 Å². The van der Waals surface area contributed by atoms with Gasteiger partial charge in [0.2, 0.25) is 5.91 Å². The zero-order valence-corrected chi connectivity index (χ0v) is 18.9. The van der Waals surface area contributed by atoms with Gasteiger partial charge in [-0.05, 0) is 29.8 Å². The Labute approximate surface area is 192 Å². The molecule has 0 bridgehead atoms. The van der Waals surface area contributed by atoms with Crippen molar-refractivity contribution >= 4 is 17.6 Å². The number of nitrogens with one attached hydrogen (secondary N) is 1. The molecular formula is C25H28FN5O2. The molecule has 0 spiro atoms. The number of aromatic nitrogens is 2. The second-order valence-electron chi connectivity index (χ2n) is 8.50. The number of nitrogens with zero attached hydrogens (tertiary/aromatic N) is 4. The molecule has 33 heavy (non-hydrogen) atoms. The van der Waals surface area contributed by atoms with Crippen LogP contribution in [0.5, 0.6) is 0 Å². The van der Waals surface area contributed by atoms with Crippen LogP contribution in [-0.4, -0.2) is 57.6 Å². The van der Waals surface area contributed by atoms with Crippen LogP contribution >= 0.6 is 0 Å². The van der Waals surface area contributed by atoms with Crippen molar-refractivity contribution in [2.45, 2.75) is 20.4 Å². The third-order valence-electron chi connectivity index (χ3n) is 5.66. The van der Waals surface area contributed by atoms with Crippen molar-refractivity contribution in [2.75, 3.05) is 31.5 Å². The normalized spacial score (nSPS) is 14.5. The van der Waals surface area contributed by atoms with Gasteiger partial charge in [0.25, 0.3) is 5.91 Å². The highest BCUT2D eigenvalue weighted by molar-refractivity contribution is 5.96. The van der Waals surface area contributed by atoms with E-state index in [0.717, 1.165) is 11.3 Å². The number of rotatable bonds is 6. The largest absolute Gasteiger partial charge is 0.335 e. The number of anilines is 1. The molecule has 1 aliphatic rings. The Morgan fingerprint density at radius 1 is 1.00 bits per heavy atom. The fourth-order valence-corrected chi connectivity index (χ4v) is 3.78. The lowest BCUT2D eigenvalue weighted by Crippen LogP contribution is -2.48. The minimum absolute atomic E-state index is 0.142. The number of piperazine rings is 1. The molecule has 2 amide bonds. The van der Waals surface area contributed by atoms with Crippen molar-refractivity contribution < 1.29 is 14.0 Å². The predicted octanol–water partition coefficient (Wildman–Crippen LogP) is 3.56. The van der Waals surface area contributed by atoms with Crippen LogP contribution in [0, 0.1) is 11.7 Å². The number of halogens is 1. The topological polar surface area (TPSA) is 70.5 Å². The lowest BCUT2D eigenvalue weighted by molar-refractivity contribution is -0.118. The summed E-state index contributed by atoms with van der Waals surface area (Å²) in [7, 11) is 0. The third-order valence-corrected chi connectivity index (χ3v) is 5.66. The first-order valence-electron chi connectivity index (χ1n) is 11.1. The second kappa shape index (κ2) is 9.95. The Hall–Kier alpha value is -3.52. The van der Waals surface area contributed by atoms with Gasteiger partial charge in [0.1, 0.15) is 11.6 Å². The molecule has 0 saturated carbocycles. The first-order valence-corrected chi connectivity index (χ1v) is 11.1. The van der Waals surface area contributed by atoms with Gasteiger partial charge in [-0.25, -0.2) is 9.07 Å². The van der Waals surface area contributed by atoms with E-state index in [9.17, 15) is 14.0 Å². The maximum Gasteiger partial charge on any atom is 0.274 e. The fraction of sp³-hybridized carbons (Fsp3) is 0.320. The summed E-state index contributed by atoms with van der Waals surface area (Å²) in [5.41, 5.74) is 1.97. The summed E-state index contributed by atoms with van der Waals surface area (Å²) >= 11 is 0. The molecule has 4 rings (SSSR count). The van der Waals surface area contributed by atoms with E-state index < -0.39 is 0 Å². The van der Waals surface area contributed by atoms with E-state index in [0.29, 0.717) is 38.5 Å². The zero-order chi connectivity index (χ0) is 23.4. The number of hydrogen-bond donors (Lipinski definition) is 1. The summed E-state index contributed by atoms with van der Waals surface area (Å²) < 4.78 is 15.0. The number of benzene rings is 2. The average molecular weight is 450 g/mol. The smallest absolute Gasteiger partial charge is 0.274 e. The van der Waals surface area contributed by atoms with Crippen LogP contribution in [0.4, 0.5) is 10.2 Å². The van der Waals surface area contributed by atoms with Crippen molar-refractivity contribution in [1.82, 2.24) is 19.6 Å². The van der Waals surface area contributed by atoms with E-state index in [1.807, 2.05) is 50.2 Å². The quantitative estimate of drug-likeness (QED) is 0.625. The Balaban J connectivity index is 1.47. The number of carbonyl (C=O) groups excluding carboxylic acids is 2. The van der Waals surface area contributed by atoms with Crippen LogP contribution in [0.15, 0.2) is 60.7 Å². The van der Waals surface area contributed by atoms with Gasteiger partial charge in [-0.2, -0.15) is 5.10 Å². The molecule has 0 radical (unpaired) electrons. The van der Waals surface area contributed by atoms with Crippen LogP contribution < -0.4 is 5.32 Å². The Morgan fingerprint density at radius 3 is 2.39 bits per heavy atom. The van der Waals surface area contributed by atoms with Crippen molar-refractivity contribution in [3.05, 3.63) is 77.7 Å².